The molecular formula is C38H26N4O. The summed E-state index contributed by atoms with van der Waals surface area (Å²) in [6.45, 7) is 0. The van der Waals surface area contributed by atoms with Gasteiger partial charge in [-0.1, -0.05) is 84.9 Å². The molecule has 5 heteroatoms. The Morgan fingerprint density at radius 1 is 0.512 bits per heavy atom. The molecular weight excluding hydrogens is 528 g/mol. The molecule has 0 spiro atoms. The molecule has 0 aliphatic rings. The van der Waals surface area contributed by atoms with E-state index in [9.17, 15) is 0 Å². The van der Waals surface area contributed by atoms with Crippen molar-refractivity contribution in [2.75, 3.05) is 0 Å². The highest BCUT2D eigenvalue weighted by molar-refractivity contribution is 6.09. The van der Waals surface area contributed by atoms with Crippen molar-refractivity contribution >= 4 is 21.8 Å². The molecule has 0 aliphatic carbocycles. The quantitative estimate of drug-likeness (QED) is 0.206. The third-order valence-electron chi connectivity index (χ3n) is 7.73. The van der Waals surface area contributed by atoms with Crippen LogP contribution in [-0.4, -0.2) is 19.3 Å². The summed E-state index contributed by atoms with van der Waals surface area (Å²) >= 11 is 0. The van der Waals surface area contributed by atoms with E-state index >= 15 is 0 Å². The van der Waals surface area contributed by atoms with Crippen molar-refractivity contribution in [3.63, 3.8) is 0 Å². The van der Waals surface area contributed by atoms with Crippen molar-refractivity contribution in [2.45, 2.75) is 0 Å². The van der Waals surface area contributed by atoms with Gasteiger partial charge in [0.2, 0.25) is 0 Å². The summed E-state index contributed by atoms with van der Waals surface area (Å²) in [6, 6.07) is 47.6. The van der Waals surface area contributed by atoms with Gasteiger partial charge in [0.1, 0.15) is 17.3 Å². The summed E-state index contributed by atoms with van der Waals surface area (Å²) in [5.74, 6) is 2.35. The molecule has 43 heavy (non-hydrogen) atoms. The molecule has 8 rings (SSSR count). The molecule has 5 nitrogen and oxygen atoms in total. The Labute approximate surface area is 248 Å². The standard InChI is InChI=1S/C38H26N4O/c1-3-10-27(11-4-1)29-20-21-39-38(22-29)42-36-17-8-7-16-34(36)35-19-18-33(24-37(35)42)43-32-15-9-14-31(23-32)41-26-30(25-40-41)28-12-5-2-6-13-28/h1-26H. The zero-order chi connectivity index (χ0) is 28.6. The van der Waals surface area contributed by atoms with Crippen molar-refractivity contribution in [2.24, 2.45) is 0 Å². The highest BCUT2D eigenvalue weighted by Gasteiger charge is 2.15. The third kappa shape index (κ3) is 4.63. The van der Waals surface area contributed by atoms with Crippen LogP contribution >= 0.6 is 0 Å². The molecule has 3 heterocycles. The number of pyridine rings is 1. The van der Waals surface area contributed by atoms with Gasteiger partial charge in [-0.3, -0.25) is 4.57 Å². The van der Waals surface area contributed by atoms with Crippen LogP contribution in [-0.2, 0) is 0 Å². The van der Waals surface area contributed by atoms with E-state index in [2.05, 4.69) is 94.6 Å². The second-order valence-corrected chi connectivity index (χ2v) is 10.4. The van der Waals surface area contributed by atoms with Crippen molar-refractivity contribution in [1.82, 2.24) is 19.3 Å². The van der Waals surface area contributed by atoms with Crippen LogP contribution < -0.4 is 4.74 Å². The van der Waals surface area contributed by atoms with E-state index in [1.807, 2.05) is 77.9 Å². The van der Waals surface area contributed by atoms with Crippen molar-refractivity contribution in [3.8, 4) is 45.3 Å². The Hall–Kier alpha value is -5.94. The molecule has 8 aromatic rings. The molecule has 204 valence electrons. The highest BCUT2D eigenvalue weighted by atomic mass is 16.5. The fourth-order valence-corrected chi connectivity index (χ4v) is 5.68. The Morgan fingerprint density at radius 2 is 1.23 bits per heavy atom. The number of nitrogens with zero attached hydrogens (tertiary/aromatic N) is 4. The smallest absolute Gasteiger partial charge is 0.138 e. The first-order valence-electron chi connectivity index (χ1n) is 14.2. The predicted octanol–water partition coefficient (Wildman–Crippen LogP) is 9.49. The SMILES string of the molecule is c1ccc(-c2ccnc(-n3c4ccccc4c4ccc(Oc5cccc(-n6cc(-c7ccccc7)cn6)c5)cc43)c2)cc1. The van der Waals surface area contributed by atoms with E-state index in [-0.39, 0.29) is 0 Å². The van der Waals surface area contributed by atoms with Crippen molar-refractivity contribution in [3.05, 3.63) is 158 Å². The lowest BCUT2D eigenvalue weighted by atomic mass is 10.1. The Kier molecular flexibility index (Phi) is 6.05. The maximum absolute atomic E-state index is 6.45. The Balaban J connectivity index is 1.17. The second kappa shape index (κ2) is 10.5. The average Bonchev–Trinajstić information content (AvgIpc) is 3.69. The van der Waals surface area contributed by atoms with Crippen LogP contribution in [0.4, 0.5) is 0 Å². The van der Waals surface area contributed by atoms with E-state index in [1.165, 1.54) is 5.39 Å². The van der Waals surface area contributed by atoms with Crippen LogP contribution in [0.5, 0.6) is 11.5 Å². The molecule has 0 aliphatic heterocycles. The van der Waals surface area contributed by atoms with Crippen molar-refractivity contribution in [1.29, 1.82) is 0 Å². The Bertz CT molecular complexity index is 2210. The molecule has 0 radical (unpaired) electrons. The summed E-state index contributed by atoms with van der Waals surface area (Å²) in [4.78, 5) is 4.80. The fraction of sp³-hybridized carbons (Fsp3) is 0. The molecule has 0 saturated carbocycles. The summed E-state index contributed by atoms with van der Waals surface area (Å²) in [7, 11) is 0. The molecule has 0 amide bonds. The fourth-order valence-electron chi connectivity index (χ4n) is 5.68. The predicted molar refractivity (Wildman–Crippen MR) is 173 cm³/mol. The van der Waals surface area contributed by atoms with E-state index in [0.29, 0.717) is 0 Å². The number of rotatable bonds is 6. The first-order valence-corrected chi connectivity index (χ1v) is 14.2. The van der Waals surface area contributed by atoms with E-state index in [4.69, 9.17) is 9.72 Å². The second-order valence-electron chi connectivity index (χ2n) is 10.4. The number of fused-ring (bicyclic) bond motifs is 3. The van der Waals surface area contributed by atoms with Crippen LogP contribution in [0.3, 0.4) is 0 Å². The van der Waals surface area contributed by atoms with Gasteiger partial charge in [-0.2, -0.15) is 5.10 Å². The molecule has 0 saturated heterocycles. The van der Waals surface area contributed by atoms with Gasteiger partial charge in [-0.15, -0.1) is 0 Å². The molecule has 3 aromatic heterocycles. The molecule has 5 aromatic carbocycles. The van der Waals surface area contributed by atoms with Gasteiger partial charge < -0.3 is 4.74 Å². The van der Waals surface area contributed by atoms with Gasteiger partial charge in [0.05, 0.1) is 22.9 Å². The largest absolute Gasteiger partial charge is 0.457 e. The van der Waals surface area contributed by atoms with Crippen LogP contribution in [0.2, 0.25) is 0 Å². The topological polar surface area (TPSA) is 44.9 Å². The molecule has 0 fully saturated rings. The third-order valence-corrected chi connectivity index (χ3v) is 7.73. The van der Waals surface area contributed by atoms with E-state index in [1.54, 1.807) is 0 Å². The normalized spacial score (nSPS) is 11.3. The minimum atomic E-state index is 0.737. The zero-order valence-corrected chi connectivity index (χ0v) is 23.2. The van der Waals surface area contributed by atoms with E-state index < -0.39 is 0 Å². The average molecular weight is 555 g/mol. The lowest BCUT2D eigenvalue weighted by Crippen LogP contribution is -1.98. The van der Waals surface area contributed by atoms with Gasteiger partial charge in [0.15, 0.2) is 0 Å². The van der Waals surface area contributed by atoms with Gasteiger partial charge >= 0.3 is 0 Å². The first-order chi connectivity index (χ1) is 21.3. The van der Waals surface area contributed by atoms with Gasteiger partial charge in [0.25, 0.3) is 0 Å². The minimum Gasteiger partial charge on any atom is -0.457 e. The lowest BCUT2D eigenvalue weighted by molar-refractivity contribution is 0.483. The lowest BCUT2D eigenvalue weighted by Gasteiger charge is -2.11. The van der Waals surface area contributed by atoms with Gasteiger partial charge in [0, 0.05) is 40.9 Å². The number of hydrogen-bond acceptors (Lipinski definition) is 3. The summed E-state index contributed by atoms with van der Waals surface area (Å²) in [5, 5.41) is 6.92. The molecule has 0 atom stereocenters. The van der Waals surface area contributed by atoms with Crippen LogP contribution in [0.25, 0.3) is 55.6 Å². The monoisotopic (exact) mass is 554 g/mol. The minimum absolute atomic E-state index is 0.737. The Morgan fingerprint density at radius 3 is 2.07 bits per heavy atom. The molecule has 0 bridgehead atoms. The van der Waals surface area contributed by atoms with Gasteiger partial charge in [-0.05, 0) is 59.2 Å². The number of para-hydroxylation sites is 1. The molecule has 0 N–H and O–H groups in total. The number of hydrogen-bond donors (Lipinski definition) is 0. The molecule has 0 unspecified atom stereocenters. The number of aromatic nitrogens is 4. The summed E-state index contributed by atoms with van der Waals surface area (Å²) < 4.78 is 10.5. The number of benzene rings is 5. The zero-order valence-electron chi connectivity index (χ0n) is 23.2. The summed E-state index contributed by atoms with van der Waals surface area (Å²) in [5.41, 5.74) is 7.54. The highest BCUT2D eigenvalue weighted by Crippen LogP contribution is 2.36. The van der Waals surface area contributed by atoms with Crippen LogP contribution in [0.15, 0.2) is 158 Å². The van der Waals surface area contributed by atoms with E-state index in [0.717, 1.165) is 61.7 Å². The van der Waals surface area contributed by atoms with Gasteiger partial charge in [-0.25, -0.2) is 9.67 Å². The van der Waals surface area contributed by atoms with Crippen LogP contribution in [0, 0.1) is 0 Å². The maximum Gasteiger partial charge on any atom is 0.138 e. The summed E-state index contributed by atoms with van der Waals surface area (Å²) in [6.07, 6.45) is 5.80. The number of ether oxygens (including phenoxy) is 1. The first kappa shape index (κ1) is 24.8. The van der Waals surface area contributed by atoms with Crippen molar-refractivity contribution < 1.29 is 4.74 Å². The van der Waals surface area contributed by atoms with Crippen LogP contribution in [0.1, 0.15) is 0 Å². The maximum atomic E-state index is 6.45.